The number of benzene rings is 2. The number of esters is 3. The summed E-state index contributed by atoms with van der Waals surface area (Å²) in [6.07, 6.45) is 9.91. The minimum absolute atomic E-state index is 0.140. The van der Waals surface area contributed by atoms with Crippen LogP contribution in [0.3, 0.4) is 0 Å². The average molecular weight is 593 g/mol. The van der Waals surface area contributed by atoms with Gasteiger partial charge < -0.3 is 23.4 Å². The highest BCUT2D eigenvalue weighted by Gasteiger charge is 2.16. The highest BCUT2D eigenvalue weighted by atomic mass is 16.5. The zero-order chi connectivity index (χ0) is 31.0. The molecule has 0 atom stereocenters. The molecule has 0 amide bonds. The molecule has 0 aliphatic heterocycles. The van der Waals surface area contributed by atoms with Gasteiger partial charge in [0.05, 0.1) is 25.4 Å². The van der Waals surface area contributed by atoms with E-state index < -0.39 is 17.6 Å². The summed E-state index contributed by atoms with van der Waals surface area (Å²) in [6, 6.07) is 12.7. The zero-order valence-electron chi connectivity index (χ0n) is 25.0. The molecule has 0 N–H and O–H groups in total. The van der Waals surface area contributed by atoms with E-state index in [0.717, 1.165) is 38.5 Å². The first-order valence-corrected chi connectivity index (χ1v) is 14.8. The number of ether oxygens (including phenoxy) is 4. The Balaban J connectivity index is 1.31. The predicted octanol–water partition coefficient (Wildman–Crippen LogP) is 7.20. The lowest BCUT2D eigenvalue weighted by Crippen LogP contribution is -2.16. The van der Waals surface area contributed by atoms with E-state index in [9.17, 15) is 19.2 Å². The Bertz CT molecular complexity index is 1440. The van der Waals surface area contributed by atoms with Gasteiger partial charge in [0, 0.05) is 17.0 Å². The van der Waals surface area contributed by atoms with Crippen molar-refractivity contribution in [2.75, 3.05) is 19.8 Å². The fraction of sp³-hybridized carbons (Fsp3) is 0.412. The Morgan fingerprint density at radius 3 is 1.98 bits per heavy atom. The van der Waals surface area contributed by atoms with Gasteiger partial charge in [0.25, 0.3) is 0 Å². The highest BCUT2D eigenvalue weighted by molar-refractivity contribution is 5.94. The van der Waals surface area contributed by atoms with Crippen molar-refractivity contribution in [3.63, 3.8) is 0 Å². The maximum absolute atomic E-state index is 12.6. The number of fused-ring (bicyclic) bond motifs is 1. The van der Waals surface area contributed by atoms with Crippen LogP contribution in [0.1, 0.15) is 92.4 Å². The fourth-order valence-corrected chi connectivity index (χ4v) is 4.28. The van der Waals surface area contributed by atoms with Crippen LogP contribution in [0, 0.1) is 0 Å². The van der Waals surface area contributed by atoms with Gasteiger partial charge in [-0.3, -0.25) is 0 Å². The van der Waals surface area contributed by atoms with Crippen molar-refractivity contribution in [2.45, 2.75) is 71.6 Å². The summed E-state index contributed by atoms with van der Waals surface area (Å²) in [6.45, 7) is 8.08. The molecule has 0 spiro atoms. The molecule has 9 nitrogen and oxygen atoms in total. The standard InChI is InChI=1S/C34H40O9/c1-4-39-33(37)29-22-26-16-19-28(23-30(26)43-34(29)38)42-32(36)25-14-17-27(18-15-25)40-20-12-10-8-6-5-7-9-11-13-21-41-31(35)24(2)3/h14-19,22-23H,2,4-13,20-21H2,1,3H3. The zero-order valence-corrected chi connectivity index (χ0v) is 25.0. The molecule has 2 aromatic carbocycles. The Morgan fingerprint density at radius 2 is 1.35 bits per heavy atom. The van der Waals surface area contributed by atoms with Crippen LogP contribution in [-0.2, 0) is 14.3 Å². The molecule has 1 aromatic heterocycles. The average Bonchev–Trinajstić information content (AvgIpc) is 2.99. The molecule has 0 saturated carbocycles. The van der Waals surface area contributed by atoms with Crippen LogP contribution in [0.5, 0.6) is 11.5 Å². The quantitative estimate of drug-likeness (QED) is 0.0497. The first kappa shape index (κ1) is 33.1. The van der Waals surface area contributed by atoms with Gasteiger partial charge in [-0.05, 0) is 69.2 Å². The Morgan fingerprint density at radius 1 is 0.744 bits per heavy atom. The molecule has 0 saturated heterocycles. The molecule has 230 valence electrons. The summed E-state index contributed by atoms with van der Waals surface area (Å²) in [5.41, 5.74) is -0.0484. The minimum Gasteiger partial charge on any atom is -0.494 e. The molecular formula is C34H40O9. The molecule has 3 aromatic rings. The van der Waals surface area contributed by atoms with Crippen LogP contribution in [0.2, 0.25) is 0 Å². The molecule has 1 heterocycles. The summed E-state index contributed by atoms with van der Waals surface area (Å²) >= 11 is 0. The Kier molecular flexibility index (Phi) is 13.5. The smallest absolute Gasteiger partial charge is 0.351 e. The second-order valence-electron chi connectivity index (χ2n) is 10.2. The maximum atomic E-state index is 12.6. The third-order valence-corrected chi connectivity index (χ3v) is 6.64. The molecule has 9 heteroatoms. The number of hydrogen-bond donors (Lipinski definition) is 0. The molecule has 0 aliphatic carbocycles. The largest absolute Gasteiger partial charge is 0.494 e. The number of unbranched alkanes of at least 4 members (excludes halogenated alkanes) is 8. The van der Waals surface area contributed by atoms with Gasteiger partial charge in [-0.15, -0.1) is 0 Å². The van der Waals surface area contributed by atoms with Crippen LogP contribution in [0.4, 0.5) is 0 Å². The van der Waals surface area contributed by atoms with Gasteiger partial charge in [-0.2, -0.15) is 0 Å². The van der Waals surface area contributed by atoms with Crippen LogP contribution in [0.15, 0.2) is 69.9 Å². The summed E-state index contributed by atoms with van der Waals surface area (Å²) < 4.78 is 26.4. The second-order valence-corrected chi connectivity index (χ2v) is 10.2. The third kappa shape index (κ3) is 11.1. The minimum atomic E-state index is -0.825. The molecule has 43 heavy (non-hydrogen) atoms. The van der Waals surface area contributed by atoms with Gasteiger partial charge in [0.2, 0.25) is 0 Å². The van der Waals surface area contributed by atoms with Crippen LogP contribution in [-0.4, -0.2) is 37.7 Å². The number of carbonyl (C=O) groups is 3. The first-order chi connectivity index (χ1) is 20.8. The van der Waals surface area contributed by atoms with Crippen molar-refractivity contribution in [3.05, 3.63) is 82.2 Å². The van der Waals surface area contributed by atoms with Crippen molar-refractivity contribution in [1.82, 2.24) is 0 Å². The van der Waals surface area contributed by atoms with Crippen LogP contribution in [0.25, 0.3) is 11.0 Å². The Hall–Kier alpha value is -4.40. The summed E-state index contributed by atoms with van der Waals surface area (Å²) in [5.74, 6) is -0.754. The van der Waals surface area contributed by atoms with Gasteiger partial charge in [-0.25, -0.2) is 19.2 Å². The highest BCUT2D eigenvalue weighted by Crippen LogP contribution is 2.22. The van der Waals surface area contributed by atoms with E-state index >= 15 is 0 Å². The molecule has 0 aliphatic rings. The van der Waals surface area contributed by atoms with Crippen molar-refractivity contribution in [2.24, 2.45) is 0 Å². The normalized spacial score (nSPS) is 10.7. The molecule has 0 bridgehead atoms. The lowest BCUT2D eigenvalue weighted by Gasteiger charge is -2.08. The number of carbonyl (C=O) groups excluding carboxylic acids is 3. The third-order valence-electron chi connectivity index (χ3n) is 6.64. The fourth-order valence-electron chi connectivity index (χ4n) is 4.28. The molecule has 3 rings (SSSR count). The van der Waals surface area contributed by atoms with Crippen LogP contribution < -0.4 is 15.1 Å². The predicted molar refractivity (Wildman–Crippen MR) is 163 cm³/mol. The van der Waals surface area contributed by atoms with Gasteiger partial charge in [-0.1, -0.05) is 51.5 Å². The maximum Gasteiger partial charge on any atom is 0.351 e. The number of hydrogen-bond acceptors (Lipinski definition) is 9. The van der Waals surface area contributed by atoms with Crippen LogP contribution >= 0.6 is 0 Å². The van der Waals surface area contributed by atoms with E-state index in [1.165, 1.54) is 31.4 Å². The molecular weight excluding hydrogens is 552 g/mol. The van der Waals surface area contributed by atoms with Gasteiger partial charge in [0.1, 0.15) is 22.6 Å². The first-order valence-electron chi connectivity index (χ1n) is 14.8. The summed E-state index contributed by atoms with van der Waals surface area (Å²) in [4.78, 5) is 48.0. The molecule has 0 unspecified atom stereocenters. The van der Waals surface area contributed by atoms with E-state index in [0.29, 0.717) is 35.5 Å². The lowest BCUT2D eigenvalue weighted by atomic mass is 10.1. The Labute approximate surface area is 251 Å². The van der Waals surface area contributed by atoms with Gasteiger partial charge >= 0.3 is 23.5 Å². The molecule has 0 radical (unpaired) electrons. The van der Waals surface area contributed by atoms with E-state index in [-0.39, 0.29) is 29.5 Å². The van der Waals surface area contributed by atoms with Crippen molar-refractivity contribution < 1.29 is 37.7 Å². The van der Waals surface area contributed by atoms with Crippen molar-refractivity contribution in [3.8, 4) is 11.5 Å². The van der Waals surface area contributed by atoms with Crippen molar-refractivity contribution in [1.29, 1.82) is 0 Å². The van der Waals surface area contributed by atoms with Gasteiger partial charge in [0.15, 0.2) is 0 Å². The topological polar surface area (TPSA) is 118 Å². The van der Waals surface area contributed by atoms with E-state index in [1.807, 2.05) is 0 Å². The van der Waals surface area contributed by atoms with E-state index in [4.69, 9.17) is 23.4 Å². The number of rotatable bonds is 18. The summed E-state index contributed by atoms with van der Waals surface area (Å²) in [5, 5.41) is 0.497. The van der Waals surface area contributed by atoms with Crippen molar-refractivity contribution >= 4 is 28.9 Å². The summed E-state index contributed by atoms with van der Waals surface area (Å²) in [7, 11) is 0. The monoisotopic (exact) mass is 592 g/mol. The second kappa shape index (κ2) is 17.5. The SMILES string of the molecule is C=C(C)C(=O)OCCCCCCCCCCCOc1ccc(C(=O)Oc2ccc3cc(C(=O)OCC)c(=O)oc3c2)cc1. The van der Waals surface area contributed by atoms with E-state index in [2.05, 4.69) is 6.58 Å². The lowest BCUT2D eigenvalue weighted by molar-refractivity contribution is -0.139. The van der Waals surface area contributed by atoms with E-state index in [1.54, 1.807) is 50.2 Å². The molecule has 0 fully saturated rings.